The zero-order valence-corrected chi connectivity index (χ0v) is 12.7. The lowest BCUT2D eigenvalue weighted by atomic mass is 10.1. The number of aliphatic hydroxyl groups excluding tert-OH is 1. The summed E-state index contributed by atoms with van der Waals surface area (Å²) in [7, 11) is 0. The van der Waals surface area contributed by atoms with Crippen LogP contribution in [0.1, 0.15) is 17.4 Å². The average Bonchev–Trinajstić information content (AvgIpc) is 2.62. The van der Waals surface area contributed by atoms with Crippen molar-refractivity contribution in [1.82, 2.24) is 0 Å². The van der Waals surface area contributed by atoms with E-state index in [9.17, 15) is 5.11 Å². The van der Waals surface area contributed by atoms with Gasteiger partial charge in [-0.1, -0.05) is 31.9 Å². The quantitative estimate of drug-likeness (QED) is 0.781. The van der Waals surface area contributed by atoms with Gasteiger partial charge in [-0.25, -0.2) is 0 Å². The predicted molar refractivity (Wildman–Crippen MR) is 72.3 cm³/mol. The van der Waals surface area contributed by atoms with Crippen molar-refractivity contribution < 1.29 is 9.52 Å². The maximum Gasteiger partial charge on any atom is 0.150 e. The fourth-order valence-corrected chi connectivity index (χ4v) is 3.13. The van der Waals surface area contributed by atoms with Crippen LogP contribution in [0, 0.1) is 0 Å². The monoisotopic (exact) mass is 408 g/mol. The molecule has 0 bridgehead atoms. The summed E-state index contributed by atoms with van der Waals surface area (Å²) in [5.41, 5.74) is 0.761. The first-order chi connectivity index (χ1) is 7.58. The predicted octanol–water partition coefficient (Wildman–Crippen LogP) is 4.65. The van der Waals surface area contributed by atoms with Gasteiger partial charge in [0.05, 0.1) is 10.7 Å². The minimum atomic E-state index is -0.779. The van der Waals surface area contributed by atoms with E-state index in [0.29, 0.717) is 5.76 Å². The zero-order valence-electron chi connectivity index (χ0n) is 7.95. The molecule has 16 heavy (non-hydrogen) atoms. The average molecular weight is 411 g/mol. The van der Waals surface area contributed by atoms with Crippen LogP contribution >= 0.6 is 47.8 Å². The molecule has 0 amide bonds. The van der Waals surface area contributed by atoms with Crippen molar-refractivity contribution in [2.24, 2.45) is 0 Å². The summed E-state index contributed by atoms with van der Waals surface area (Å²) in [6, 6.07) is 7.37. The second kappa shape index (κ2) is 5.04. The minimum absolute atomic E-state index is 0.505. The number of hydrogen-bond acceptors (Lipinski definition) is 2. The highest BCUT2D eigenvalue weighted by molar-refractivity contribution is 9.11. The molecule has 1 heterocycles. The second-order valence-corrected chi connectivity index (χ2v) is 5.92. The van der Waals surface area contributed by atoms with Gasteiger partial charge in [-0.3, -0.25) is 0 Å². The first kappa shape index (κ1) is 12.4. The molecule has 1 N–H and O–H groups in total. The summed E-state index contributed by atoms with van der Waals surface area (Å²) in [6.07, 6.45) is 0.758. The van der Waals surface area contributed by atoms with E-state index in [1.54, 1.807) is 6.07 Å². The third-order valence-electron chi connectivity index (χ3n) is 2.09. The van der Waals surface area contributed by atoms with E-state index >= 15 is 0 Å². The fraction of sp³-hybridized carbons (Fsp3) is 0.0909. The van der Waals surface area contributed by atoms with Crippen LogP contribution in [0.25, 0.3) is 0 Å². The highest BCUT2D eigenvalue weighted by Gasteiger charge is 2.17. The van der Waals surface area contributed by atoms with Crippen molar-refractivity contribution in [3.63, 3.8) is 0 Å². The van der Waals surface area contributed by atoms with Crippen LogP contribution < -0.4 is 0 Å². The normalized spacial score (nSPS) is 12.8. The van der Waals surface area contributed by atoms with Crippen molar-refractivity contribution in [1.29, 1.82) is 0 Å². The van der Waals surface area contributed by atoms with E-state index in [2.05, 4.69) is 47.8 Å². The standard InChI is InChI=1S/C11H7Br3O2/c12-7-3-6(4-8(13)5-7)10(15)11-9(14)1-2-16-11/h1-5,10,15H. The lowest BCUT2D eigenvalue weighted by Crippen LogP contribution is -1.98. The Balaban J connectivity index is 2.41. The molecule has 0 radical (unpaired) electrons. The van der Waals surface area contributed by atoms with Gasteiger partial charge in [0, 0.05) is 8.95 Å². The van der Waals surface area contributed by atoms with E-state index in [0.717, 1.165) is 19.0 Å². The first-order valence-electron chi connectivity index (χ1n) is 4.45. The van der Waals surface area contributed by atoms with E-state index < -0.39 is 6.10 Å². The lowest BCUT2D eigenvalue weighted by Gasteiger charge is -2.10. The molecule has 0 aliphatic heterocycles. The molecule has 1 aromatic heterocycles. The number of halogens is 3. The molecule has 1 unspecified atom stereocenters. The number of furan rings is 1. The molecular weight excluding hydrogens is 404 g/mol. The van der Waals surface area contributed by atoms with Crippen LogP contribution in [0.4, 0.5) is 0 Å². The van der Waals surface area contributed by atoms with Crippen molar-refractivity contribution in [2.45, 2.75) is 6.10 Å². The largest absolute Gasteiger partial charge is 0.465 e. The maximum absolute atomic E-state index is 10.1. The van der Waals surface area contributed by atoms with Gasteiger partial charge in [-0.05, 0) is 45.8 Å². The summed E-state index contributed by atoms with van der Waals surface area (Å²) in [6.45, 7) is 0. The van der Waals surface area contributed by atoms with Crippen LogP contribution in [-0.4, -0.2) is 5.11 Å². The first-order valence-corrected chi connectivity index (χ1v) is 6.83. The summed E-state index contributed by atoms with van der Waals surface area (Å²) in [4.78, 5) is 0. The van der Waals surface area contributed by atoms with Gasteiger partial charge in [0.2, 0.25) is 0 Å². The SMILES string of the molecule is OC(c1cc(Br)cc(Br)c1)c1occc1Br. The number of rotatable bonds is 2. The Morgan fingerprint density at radius 2 is 1.69 bits per heavy atom. The van der Waals surface area contributed by atoms with Gasteiger partial charge in [-0.2, -0.15) is 0 Å². The molecular formula is C11H7Br3O2. The van der Waals surface area contributed by atoms with Crippen LogP contribution in [0.3, 0.4) is 0 Å². The van der Waals surface area contributed by atoms with Crippen molar-refractivity contribution in [3.8, 4) is 0 Å². The maximum atomic E-state index is 10.1. The Morgan fingerprint density at radius 1 is 1.06 bits per heavy atom. The van der Waals surface area contributed by atoms with Crippen LogP contribution in [-0.2, 0) is 0 Å². The molecule has 0 saturated heterocycles. The van der Waals surface area contributed by atoms with E-state index in [4.69, 9.17) is 4.42 Å². The van der Waals surface area contributed by atoms with Crippen LogP contribution in [0.15, 0.2) is 48.4 Å². The van der Waals surface area contributed by atoms with Crippen molar-refractivity contribution in [2.75, 3.05) is 0 Å². The minimum Gasteiger partial charge on any atom is -0.465 e. The van der Waals surface area contributed by atoms with Crippen molar-refractivity contribution >= 4 is 47.8 Å². The Labute approximate surface area is 118 Å². The Bertz CT molecular complexity index is 487. The number of benzene rings is 1. The summed E-state index contributed by atoms with van der Waals surface area (Å²) >= 11 is 10.1. The highest BCUT2D eigenvalue weighted by atomic mass is 79.9. The zero-order chi connectivity index (χ0) is 11.7. The summed E-state index contributed by atoms with van der Waals surface area (Å²) < 4.78 is 7.80. The van der Waals surface area contributed by atoms with Gasteiger partial charge >= 0.3 is 0 Å². The molecule has 1 atom stereocenters. The van der Waals surface area contributed by atoms with Gasteiger partial charge in [0.25, 0.3) is 0 Å². The molecule has 0 aliphatic rings. The molecule has 2 rings (SSSR count). The van der Waals surface area contributed by atoms with Crippen molar-refractivity contribution in [3.05, 3.63) is 55.3 Å². The Morgan fingerprint density at radius 3 is 2.19 bits per heavy atom. The molecule has 1 aromatic carbocycles. The van der Waals surface area contributed by atoms with Crippen LogP contribution in [0.5, 0.6) is 0 Å². The topological polar surface area (TPSA) is 33.4 Å². The number of hydrogen-bond donors (Lipinski definition) is 1. The van der Waals surface area contributed by atoms with E-state index in [1.807, 2.05) is 18.2 Å². The molecule has 0 aliphatic carbocycles. The summed E-state index contributed by atoms with van der Waals surface area (Å²) in [5.74, 6) is 0.505. The molecule has 0 spiro atoms. The second-order valence-electron chi connectivity index (χ2n) is 3.24. The van der Waals surface area contributed by atoms with Crippen LogP contribution in [0.2, 0.25) is 0 Å². The molecule has 2 aromatic rings. The molecule has 84 valence electrons. The van der Waals surface area contributed by atoms with E-state index in [-0.39, 0.29) is 0 Å². The third kappa shape index (κ3) is 2.59. The summed E-state index contributed by atoms with van der Waals surface area (Å²) in [5, 5.41) is 10.1. The number of aliphatic hydroxyl groups is 1. The molecule has 0 fully saturated rings. The highest BCUT2D eigenvalue weighted by Crippen LogP contribution is 2.32. The van der Waals surface area contributed by atoms with Gasteiger partial charge < -0.3 is 9.52 Å². The molecule has 0 saturated carbocycles. The Kier molecular flexibility index (Phi) is 3.89. The third-order valence-corrected chi connectivity index (χ3v) is 3.66. The Hall–Kier alpha value is -0.100. The van der Waals surface area contributed by atoms with Gasteiger partial charge in [0.15, 0.2) is 5.76 Å². The molecule has 2 nitrogen and oxygen atoms in total. The van der Waals surface area contributed by atoms with Gasteiger partial charge in [-0.15, -0.1) is 0 Å². The van der Waals surface area contributed by atoms with Gasteiger partial charge in [0.1, 0.15) is 6.10 Å². The fourth-order valence-electron chi connectivity index (χ4n) is 1.38. The van der Waals surface area contributed by atoms with E-state index in [1.165, 1.54) is 6.26 Å². The smallest absolute Gasteiger partial charge is 0.150 e. The molecule has 5 heteroatoms. The lowest BCUT2D eigenvalue weighted by molar-refractivity contribution is 0.188.